The van der Waals surface area contributed by atoms with Crippen molar-refractivity contribution < 1.29 is 28.7 Å². The standard InChI is InChI=1S/C34H30N4O6/c1-3-14-43-34(42)22-9-10-24-21(19(22)2)11-12-27(24)38-32(40)25-16-29(36-26-7-5-4-6-23(25)26)33(41)35-17-20-8-13-30-28(15-20)37-31(39)18-44-30/h3-10,13,15-16,27H,1,11-12,14,17-18H2,2H3,(H,35,41)(H,37,39)(H,38,40)/t27-/m0/s1. The second-order valence-corrected chi connectivity index (χ2v) is 10.7. The molecule has 6 rings (SSSR count). The normalized spacial score (nSPS) is 14.9. The summed E-state index contributed by atoms with van der Waals surface area (Å²) in [7, 11) is 0. The van der Waals surface area contributed by atoms with Gasteiger partial charge >= 0.3 is 5.97 Å². The number of aromatic nitrogens is 1. The van der Waals surface area contributed by atoms with Gasteiger partial charge < -0.3 is 25.4 Å². The third kappa shape index (κ3) is 5.61. The number of hydrogen-bond donors (Lipinski definition) is 3. The minimum absolute atomic E-state index is 0.0344. The van der Waals surface area contributed by atoms with E-state index in [1.165, 1.54) is 12.1 Å². The van der Waals surface area contributed by atoms with E-state index in [9.17, 15) is 19.2 Å². The zero-order chi connectivity index (χ0) is 30.8. The van der Waals surface area contributed by atoms with Crippen molar-refractivity contribution in [2.75, 3.05) is 18.5 Å². The summed E-state index contributed by atoms with van der Waals surface area (Å²) in [5.74, 6) is -0.847. The summed E-state index contributed by atoms with van der Waals surface area (Å²) in [6, 6.07) is 17.3. The molecule has 0 radical (unpaired) electrons. The Labute approximate surface area is 253 Å². The van der Waals surface area contributed by atoms with Crippen LogP contribution < -0.4 is 20.7 Å². The van der Waals surface area contributed by atoms with Crippen molar-refractivity contribution in [1.82, 2.24) is 15.6 Å². The Balaban J connectivity index is 1.21. The van der Waals surface area contributed by atoms with Gasteiger partial charge in [0.05, 0.1) is 28.4 Å². The molecular weight excluding hydrogens is 560 g/mol. The quantitative estimate of drug-likeness (QED) is 0.202. The lowest BCUT2D eigenvalue weighted by atomic mass is 9.97. The Morgan fingerprint density at radius 1 is 1.09 bits per heavy atom. The first-order valence-electron chi connectivity index (χ1n) is 14.3. The summed E-state index contributed by atoms with van der Waals surface area (Å²) < 4.78 is 10.6. The van der Waals surface area contributed by atoms with Crippen LogP contribution in [0.1, 0.15) is 65.9 Å². The smallest absolute Gasteiger partial charge is 0.338 e. The molecule has 2 aliphatic rings. The SMILES string of the molecule is C=CCOC(=O)c1ccc2c(c1C)CC[C@@H]2NC(=O)c1cc(C(=O)NCc2ccc3c(c2)NC(=O)CO3)nc2ccccc12. The predicted octanol–water partition coefficient (Wildman–Crippen LogP) is 4.56. The van der Waals surface area contributed by atoms with Crippen LogP contribution in [0.5, 0.6) is 5.75 Å². The lowest BCUT2D eigenvalue weighted by molar-refractivity contribution is -0.118. The minimum Gasteiger partial charge on any atom is -0.482 e. The van der Waals surface area contributed by atoms with Crippen LogP contribution in [0, 0.1) is 6.92 Å². The number of ether oxygens (including phenoxy) is 2. The van der Waals surface area contributed by atoms with Crippen LogP contribution in [0.3, 0.4) is 0 Å². The van der Waals surface area contributed by atoms with Gasteiger partial charge in [0.25, 0.3) is 17.7 Å². The third-order valence-corrected chi connectivity index (χ3v) is 7.87. The number of nitrogens with zero attached hydrogens (tertiary/aromatic N) is 1. The molecule has 1 aliphatic heterocycles. The Kier molecular flexibility index (Phi) is 7.80. The zero-order valence-electron chi connectivity index (χ0n) is 24.1. The van der Waals surface area contributed by atoms with Crippen LogP contribution in [0.2, 0.25) is 0 Å². The lowest BCUT2D eigenvalue weighted by Gasteiger charge is -2.18. The largest absolute Gasteiger partial charge is 0.482 e. The van der Waals surface area contributed by atoms with Crippen LogP contribution in [-0.4, -0.2) is 41.9 Å². The van der Waals surface area contributed by atoms with Crippen molar-refractivity contribution in [1.29, 1.82) is 0 Å². The average Bonchev–Trinajstić information content (AvgIpc) is 3.45. The number of rotatable bonds is 8. The summed E-state index contributed by atoms with van der Waals surface area (Å²) in [6.45, 7) is 5.75. The number of fused-ring (bicyclic) bond motifs is 3. The molecule has 3 aromatic carbocycles. The molecule has 1 atom stereocenters. The van der Waals surface area contributed by atoms with Crippen LogP contribution in [-0.2, 0) is 22.5 Å². The van der Waals surface area contributed by atoms with E-state index in [-0.39, 0.29) is 43.3 Å². The molecule has 222 valence electrons. The molecule has 1 aromatic heterocycles. The number of carbonyl (C=O) groups excluding carboxylic acids is 4. The lowest BCUT2D eigenvalue weighted by Crippen LogP contribution is -2.29. The Morgan fingerprint density at radius 3 is 2.77 bits per heavy atom. The summed E-state index contributed by atoms with van der Waals surface area (Å²) in [5, 5.41) is 9.37. The first kappa shape index (κ1) is 28.6. The van der Waals surface area contributed by atoms with E-state index in [1.807, 2.05) is 19.1 Å². The van der Waals surface area contributed by atoms with Gasteiger partial charge in [0.15, 0.2) is 6.61 Å². The zero-order valence-corrected chi connectivity index (χ0v) is 24.1. The highest BCUT2D eigenvalue weighted by Gasteiger charge is 2.29. The number of amides is 3. The van der Waals surface area contributed by atoms with Gasteiger partial charge in [-0.3, -0.25) is 14.4 Å². The highest BCUT2D eigenvalue weighted by molar-refractivity contribution is 6.08. The number of nitrogens with one attached hydrogen (secondary N) is 3. The number of anilines is 1. The number of pyridine rings is 1. The van der Waals surface area contributed by atoms with Gasteiger partial charge in [0, 0.05) is 11.9 Å². The maximum absolute atomic E-state index is 13.7. The summed E-state index contributed by atoms with van der Waals surface area (Å²) in [6.07, 6.45) is 2.91. The fraction of sp³-hybridized carbons (Fsp3) is 0.206. The molecule has 0 bridgehead atoms. The number of para-hydroxylation sites is 1. The Morgan fingerprint density at radius 2 is 1.93 bits per heavy atom. The topological polar surface area (TPSA) is 136 Å². The molecule has 4 aromatic rings. The highest BCUT2D eigenvalue weighted by Crippen LogP contribution is 2.35. The maximum atomic E-state index is 13.7. The molecule has 1 aliphatic carbocycles. The van der Waals surface area contributed by atoms with Gasteiger partial charge in [-0.1, -0.05) is 43.0 Å². The average molecular weight is 591 g/mol. The van der Waals surface area contributed by atoms with Crippen LogP contribution in [0.25, 0.3) is 10.9 Å². The van der Waals surface area contributed by atoms with Gasteiger partial charge in [0.1, 0.15) is 18.1 Å². The van der Waals surface area contributed by atoms with Crippen LogP contribution in [0.15, 0.2) is 73.3 Å². The van der Waals surface area contributed by atoms with Crippen molar-refractivity contribution in [3.63, 3.8) is 0 Å². The number of hydrogen-bond acceptors (Lipinski definition) is 7. The van der Waals surface area contributed by atoms with Crippen molar-refractivity contribution in [2.24, 2.45) is 0 Å². The molecule has 0 saturated heterocycles. The molecule has 3 N–H and O–H groups in total. The molecule has 2 heterocycles. The van der Waals surface area contributed by atoms with Crippen LogP contribution >= 0.6 is 0 Å². The van der Waals surface area contributed by atoms with Crippen molar-refractivity contribution >= 4 is 40.3 Å². The summed E-state index contributed by atoms with van der Waals surface area (Å²) >= 11 is 0. The second-order valence-electron chi connectivity index (χ2n) is 10.7. The number of esters is 1. The van der Waals surface area contributed by atoms with E-state index in [1.54, 1.807) is 42.5 Å². The molecule has 44 heavy (non-hydrogen) atoms. The van der Waals surface area contributed by atoms with E-state index in [0.29, 0.717) is 46.3 Å². The van der Waals surface area contributed by atoms with E-state index in [4.69, 9.17) is 9.47 Å². The maximum Gasteiger partial charge on any atom is 0.338 e. The van der Waals surface area contributed by atoms with Crippen LogP contribution in [0.4, 0.5) is 5.69 Å². The monoisotopic (exact) mass is 590 g/mol. The molecule has 0 fully saturated rings. The first-order chi connectivity index (χ1) is 21.3. The van der Waals surface area contributed by atoms with E-state index in [0.717, 1.165) is 22.3 Å². The minimum atomic E-state index is -0.444. The van der Waals surface area contributed by atoms with Gasteiger partial charge in [-0.15, -0.1) is 0 Å². The molecule has 0 saturated carbocycles. The molecule has 10 nitrogen and oxygen atoms in total. The highest BCUT2D eigenvalue weighted by atomic mass is 16.5. The number of carbonyl (C=O) groups is 4. The molecular formula is C34H30N4O6. The van der Waals surface area contributed by atoms with E-state index < -0.39 is 11.9 Å². The Hall–Kier alpha value is -5.51. The number of benzene rings is 3. The summed E-state index contributed by atoms with van der Waals surface area (Å²) in [4.78, 5) is 55.6. The summed E-state index contributed by atoms with van der Waals surface area (Å²) in [5.41, 5.74) is 5.59. The molecule has 0 unspecified atom stereocenters. The van der Waals surface area contributed by atoms with Gasteiger partial charge in [-0.2, -0.15) is 0 Å². The van der Waals surface area contributed by atoms with E-state index in [2.05, 4.69) is 27.5 Å². The molecule has 0 spiro atoms. The molecule has 3 amide bonds. The predicted molar refractivity (Wildman–Crippen MR) is 164 cm³/mol. The second kappa shape index (κ2) is 12.0. The fourth-order valence-corrected chi connectivity index (χ4v) is 5.69. The van der Waals surface area contributed by atoms with Gasteiger partial charge in [-0.05, 0) is 72.4 Å². The van der Waals surface area contributed by atoms with Crippen molar-refractivity contribution in [2.45, 2.75) is 32.4 Å². The van der Waals surface area contributed by atoms with Crippen molar-refractivity contribution in [3.05, 3.63) is 112 Å². The fourth-order valence-electron chi connectivity index (χ4n) is 5.69. The third-order valence-electron chi connectivity index (χ3n) is 7.87. The van der Waals surface area contributed by atoms with Crippen molar-refractivity contribution in [3.8, 4) is 5.75 Å². The van der Waals surface area contributed by atoms with E-state index >= 15 is 0 Å². The first-order valence-corrected chi connectivity index (χ1v) is 14.3. The van der Waals surface area contributed by atoms with Gasteiger partial charge in [-0.25, -0.2) is 9.78 Å². The molecule has 10 heteroatoms. The van der Waals surface area contributed by atoms with Gasteiger partial charge in [0.2, 0.25) is 0 Å². The Bertz CT molecular complexity index is 1850.